The van der Waals surface area contributed by atoms with E-state index >= 15 is 0 Å². The van der Waals surface area contributed by atoms with E-state index in [0.29, 0.717) is 95.6 Å². The minimum Gasteiger partial charge on any atom is -0.495 e. The third kappa shape index (κ3) is 9.63. The number of ether oxygens (including phenoxy) is 2. The minimum atomic E-state index is -0.261. The van der Waals surface area contributed by atoms with E-state index in [1.54, 1.807) is 54.6 Å². The summed E-state index contributed by atoms with van der Waals surface area (Å²) in [5.74, 6) is 2.14. The molecule has 0 saturated carbocycles. The summed E-state index contributed by atoms with van der Waals surface area (Å²) < 4.78 is 11.4. The van der Waals surface area contributed by atoms with E-state index in [-0.39, 0.29) is 40.7 Å². The van der Waals surface area contributed by atoms with Crippen molar-refractivity contribution in [3.8, 4) is 17.2 Å². The zero-order valence-electron chi connectivity index (χ0n) is 35.1. The first-order chi connectivity index (χ1) is 30.1. The van der Waals surface area contributed by atoms with Crippen LogP contribution in [0.25, 0.3) is 11.0 Å². The highest BCUT2D eigenvalue weighted by atomic mass is 35.5. The van der Waals surface area contributed by atoms with Gasteiger partial charge in [0.15, 0.2) is 5.78 Å². The number of anilines is 2. The van der Waals surface area contributed by atoms with Gasteiger partial charge in [-0.1, -0.05) is 29.8 Å². The molecule has 4 amide bonds. The van der Waals surface area contributed by atoms with Crippen LogP contribution >= 0.6 is 11.6 Å². The van der Waals surface area contributed by atoms with Gasteiger partial charge in [-0.15, -0.1) is 0 Å². The van der Waals surface area contributed by atoms with Crippen LogP contribution in [0.1, 0.15) is 71.7 Å². The SMILES string of the molecule is COc1ccc(C(=O)N2CCN(CCCCC(=O)N3CCC(Nc4ncnc5[nH]cc(C(=O)c6ccc(Oc7ccccc7)cc6Cl)c45)CC3)CC2)cc1N1CCC(C)NC1=O. The van der Waals surface area contributed by atoms with Gasteiger partial charge in [-0.05, 0) is 88.0 Å². The van der Waals surface area contributed by atoms with Gasteiger partial charge >= 0.3 is 6.03 Å². The summed E-state index contributed by atoms with van der Waals surface area (Å²) in [5, 5.41) is 7.35. The number of ketones is 1. The van der Waals surface area contributed by atoms with Gasteiger partial charge in [-0.25, -0.2) is 14.8 Å². The van der Waals surface area contributed by atoms with Crippen LogP contribution in [0.4, 0.5) is 16.3 Å². The minimum absolute atomic E-state index is 0.0586. The summed E-state index contributed by atoms with van der Waals surface area (Å²) in [4.78, 5) is 73.1. The first-order valence-electron chi connectivity index (χ1n) is 21.4. The van der Waals surface area contributed by atoms with Crippen molar-refractivity contribution >= 4 is 57.8 Å². The van der Waals surface area contributed by atoms with Gasteiger partial charge in [0.2, 0.25) is 5.91 Å². The number of rotatable bonds is 14. The van der Waals surface area contributed by atoms with Crippen molar-refractivity contribution in [2.45, 2.75) is 57.5 Å². The molecule has 5 aromatic rings. The van der Waals surface area contributed by atoms with Crippen molar-refractivity contribution in [3.63, 3.8) is 0 Å². The molecule has 3 aliphatic rings. The van der Waals surface area contributed by atoms with E-state index in [1.165, 1.54) is 6.33 Å². The van der Waals surface area contributed by atoms with Crippen LogP contribution in [0.15, 0.2) is 79.3 Å². The largest absolute Gasteiger partial charge is 0.495 e. The van der Waals surface area contributed by atoms with Gasteiger partial charge in [-0.2, -0.15) is 0 Å². The van der Waals surface area contributed by atoms with Gasteiger partial charge in [0.05, 0.1) is 28.8 Å². The number of nitrogens with zero attached hydrogens (tertiary/aromatic N) is 6. The van der Waals surface area contributed by atoms with Crippen LogP contribution in [0.5, 0.6) is 17.2 Å². The maximum absolute atomic E-state index is 13.8. The standard InChI is InChI=1S/C46H52ClN9O6/c1-30-15-21-56(46(60)51-30)38-26-31(11-14-39(38)61-2)45(59)55-24-22-53(23-25-55)18-7-6-10-40(57)54-19-16-32(17-20-54)52-44-41-36(28-48-43(41)49-29-50-44)42(58)35-13-12-34(27-37(35)47)62-33-8-4-3-5-9-33/h3-5,8-9,11-14,26-30,32H,6-7,10,15-25H2,1-2H3,(H,51,60)(H2,48,49,50,52). The molecule has 62 heavy (non-hydrogen) atoms. The number of unbranched alkanes of at least 4 members (excludes halogenated alkanes) is 1. The monoisotopic (exact) mass is 861 g/mol. The molecule has 8 rings (SSSR count). The highest BCUT2D eigenvalue weighted by Crippen LogP contribution is 2.34. The average molecular weight is 862 g/mol. The number of methoxy groups -OCH3 is 1. The Labute approximate surface area is 365 Å². The number of para-hydroxylation sites is 1. The Kier molecular flexibility index (Phi) is 13.2. The number of hydrogen-bond donors (Lipinski definition) is 3. The molecule has 3 N–H and O–H groups in total. The number of halogens is 1. The van der Waals surface area contributed by atoms with E-state index in [2.05, 4.69) is 30.5 Å². The highest BCUT2D eigenvalue weighted by molar-refractivity contribution is 6.35. The summed E-state index contributed by atoms with van der Waals surface area (Å²) in [6.07, 6.45) is 7.58. The summed E-state index contributed by atoms with van der Waals surface area (Å²) in [6, 6.07) is 19.6. The van der Waals surface area contributed by atoms with E-state index in [9.17, 15) is 19.2 Å². The molecule has 3 aromatic carbocycles. The first kappa shape index (κ1) is 42.5. The Morgan fingerprint density at radius 2 is 1.65 bits per heavy atom. The second-order valence-corrected chi connectivity index (χ2v) is 16.5. The first-order valence-corrected chi connectivity index (χ1v) is 21.7. The number of piperazine rings is 1. The smallest absolute Gasteiger partial charge is 0.322 e. The van der Waals surface area contributed by atoms with E-state index in [0.717, 1.165) is 51.7 Å². The number of carbonyl (C=O) groups is 4. The maximum atomic E-state index is 13.8. The number of fused-ring (bicyclic) bond motifs is 1. The number of benzene rings is 3. The average Bonchev–Trinajstić information content (AvgIpc) is 3.73. The lowest BCUT2D eigenvalue weighted by Crippen LogP contribution is -2.51. The van der Waals surface area contributed by atoms with Gasteiger partial charge in [-0.3, -0.25) is 24.2 Å². The van der Waals surface area contributed by atoms with Crippen LogP contribution < -0.4 is 25.0 Å². The molecule has 0 radical (unpaired) electrons. The number of likely N-dealkylation sites (tertiary alicyclic amines) is 1. The number of amides is 4. The summed E-state index contributed by atoms with van der Waals surface area (Å²) in [7, 11) is 1.56. The summed E-state index contributed by atoms with van der Waals surface area (Å²) >= 11 is 6.62. The molecule has 2 aromatic heterocycles. The Hall–Kier alpha value is -6.19. The molecule has 5 heterocycles. The molecular weight excluding hydrogens is 810 g/mol. The normalized spacial score (nSPS) is 17.5. The maximum Gasteiger partial charge on any atom is 0.322 e. The van der Waals surface area contributed by atoms with Crippen LogP contribution in [0, 0.1) is 0 Å². The number of carbonyl (C=O) groups excluding carboxylic acids is 4. The Bertz CT molecular complexity index is 2410. The molecule has 15 nitrogen and oxygen atoms in total. The van der Waals surface area contributed by atoms with Crippen molar-refractivity contribution in [2.75, 3.05) is 69.7 Å². The Morgan fingerprint density at radius 3 is 2.39 bits per heavy atom. The zero-order chi connectivity index (χ0) is 43.2. The second-order valence-electron chi connectivity index (χ2n) is 16.1. The van der Waals surface area contributed by atoms with E-state index in [1.807, 2.05) is 47.1 Å². The number of urea groups is 1. The molecular formula is C46H52ClN9O6. The van der Waals surface area contributed by atoms with Gasteiger partial charge < -0.3 is 34.9 Å². The number of piperidine rings is 1. The fourth-order valence-electron chi connectivity index (χ4n) is 8.41. The number of nitrogens with one attached hydrogen (secondary N) is 3. The van der Waals surface area contributed by atoms with E-state index < -0.39 is 0 Å². The molecule has 0 bridgehead atoms. The van der Waals surface area contributed by atoms with Gasteiger partial charge in [0.25, 0.3) is 5.91 Å². The van der Waals surface area contributed by atoms with Crippen molar-refractivity contribution in [3.05, 3.63) is 101 Å². The topological polar surface area (TPSA) is 165 Å². The third-order valence-electron chi connectivity index (χ3n) is 12.0. The molecule has 3 fully saturated rings. The van der Waals surface area contributed by atoms with Gasteiger partial charge in [0.1, 0.15) is 35.0 Å². The van der Waals surface area contributed by atoms with Crippen molar-refractivity contribution in [1.82, 2.24) is 35.0 Å². The molecule has 3 saturated heterocycles. The fourth-order valence-corrected chi connectivity index (χ4v) is 8.66. The Balaban J connectivity index is 0.772. The van der Waals surface area contributed by atoms with Crippen molar-refractivity contribution in [2.24, 2.45) is 0 Å². The lowest BCUT2D eigenvalue weighted by molar-refractivity contribution is -0.132. The fraction of sp³-hybridized carbons (Fsp3) is 0.391. The summed E-state index contributed by atoms with van der Waals surface area (Å²) in [6.45, 7) is 7.41. The van der Waals surface area contributed by atoms with Crippen LogP contribution in [0.3, 0.4) is 0 Å². The quantitative estimate of drug-likeness (QED) is 0.0784. The van der Waals surface area contributed by atoms with Gasteiger partial charge in [0, 0.05) is 87.7 Å². The molecule has 1 unspecified atom stereocenters. The highest BCUT2D eigenvalue weighted by Gasteiger charge is 2.29. The molecule has 0 aliphatic carbocycles. The number of aromatic amines is 1. The van der Waals surface area contributed by atoms with Crippen LogP contribution in [0.2, 0.25) is 5.02 Å². The van der Waals surface area contributed by atoms with Crippen LogP contribution in [-0.2, 0) is 4.79 Å². The Morgan fingerprint density at radius 1 is 0.855 bits per heavy atom. The number of H-pyrrole nitrogens is 1. The second kappa shape index (κ2) is 19.2. The molecule has 324 valence electrons. The molecule has 3 aliphatic heterocycles. The number of aromatic nitrogens is 3. The zero-order valence-corrected chi connectivity index (χ0v) is 35.8. The van der Waals surface area contributed by atoms with Crippen LogP contribution in [-0.4, -0.2) is 125 Å². The summed E-state index contributed by atoms with van der Waals surface area (Å²) in [5.41, 5.74) is 2.42. The molecule has 16 heteroatoms. The lowest BCUT2D eigenvalue weighted by Gasteiger charge is -2.35. The van der Waals surface area contributed by atoms with Crippen molar-refractivity contribution < 1.29 is 28.7 Å². The number of hydrogen-bond acceptors (Lipinski definition) is 10. The molecule has 1 atom stereocenters. The predicted molar refractivity (Wildman–Crippen MR) is 238 cm³/mol. The van der Waals surface area contributed by atoms with Crippen molar-refractivity contribution in [1.29, 1.82) is 0 Å². The third-order valence-corrected chi connectivity index (χ3v) is 12.3. The van der Waals surface area contributed by atoms with E-state index in [4.69, 9.17) is 21.1 Å². The predicted octanol–water partition coefficient (Wildman–Crippen LogP) is 6.98. The molecule has 0 spiro atoms. The lowest BCUT2D eigenvalue weighted by atomic mass is 10.0.